The summed E-state index contributed by atoms with van der Waals surface area (Å²) in [5.74, 6) is -0.854. The van der Waals surface area contributed by atoms with E-state index in [1.165, 1.54) is 0 Å². The van der Waals surface area contributed by atoms with Gasteiger partial charge in [-0.2, -0.15) is 5.10 Å². The number of rotatable bonds is 5. The van der Waals surface area contributed by atoms with Crippen molar-refractivity contribution in [1.29, 1.82) is 0 Å². The van der Waals surface area contributed by atoms with Crippen molar-refractivity contribution >= 4 is 5.97 Å². The summed E-state index contributed by atoms with van der Waals surface area (Å²) in [6, 6.07) is 9.17. The van der Waals surface area contributed by atoms with Gasteiger partial charge in [0.15, 0.2) is 0 Å². The van der Waals surface area contributed by atoms with E-state index in [0.29, 0.717) is 6.54 Å². The fourth-order valence-corrected chi connectivity index (χ4v) is 2.68. The lowest BCUT2D eigenvalue weighted by molar-refractivity contribution is -0.143. The highest BCUT2D eigenvalue weighted by Gasteiger charge is 2.30. The second kappa shape index (κ2) is 6.10. The largest absolute Gasteiger partial charge is 0.480 e. The summed E-state index contributed by atoms with van der Waals surface area (Å²) in [7, 11) is 3.67. The van der Waals surface area contributed by atoms with E-state index >= 15 is 0 Å². The summed E-state index contributed by atoms with van der Waals surface area (Å²) in [5.41, 5.74) is 3.52. The molecular weight excluding hydrogens is 266 g/mol. The number of hydrogen-bond donors (Lipinski definition) is 1. The number of aryl methyl sites for hydroxylation is 2. The lowest BCUT2D eigenvalue weighted by atomic mass is 10.0. The number of aromatic nitrogens is 2. The molecule has 1 unspecified atom stereocenters. The summed E-state index contributed by atoms with van der Waals surface area (Å²) < 4.78 is 1.73. The molecule has 1 N–H and O–H groups in total. The summed E-state index contributed by atoms with van der Waals surface area (Å²) >= 11 is 0. The number of nitrogens with zero attached hydrogens (tertiary/aromatic N) is 3. The number of likely N-dealkylation sites (N-methyl/N-ethyl adjacent to an activating group) is 1. The zero-order valence-electron chi connectivity index (χ0n) is 12.9. The van der Waals surface area contributed by atoms with E-state index in [4.69, 9.17) is 0 Å². The fourth-order valence-electron chi connectivity index (χ4n) is 2.68. The Hall–Kier alpha value is -2.14. The van der Waals surface area contributed by atoms with Gasteiger partial charge in [0.25, 0.3) is 0 Å². The number of carboxylic acids is 1. The Morgan fingerprint density at radius 1 is 1.33 bits per heavy atom. The maximum Gasteiger partial charge on any atom is 0.325 e. The van der Waals surface area contributed by atoms with E-state index < -0.39 is 12.0 Å². The number of benzene rings is 1. The maximum atomic E-state index is 11.8. The molecule has 0 saturated carbocycles. The predicted octanol–water partition coefficient (Wildman–Crippen LogP) is 2.29. The molecule has 5 heteroatoms. The Labute approximate surface area is 124 Å². The smallest absolute Gasteiger partial charge is 0.325 e. The molecule has 21 heavy (non-hydrogen) atoms. The van der Waals surface area contributed by atoms with E-state index in [9.17, 15) is 9.90 Å². The molecule has 2 aromatic rings. The van der Waals surface area contributed by atoms with Crippen molar-refractivity contribution in [2.75, 3.05) is 7.05 Å². The molecule has 2 rings (SSSR count). The SMILES string of the molecule is Cc1nn(C)c(C)c1C(C(=O)O)N(C)Cc1ccccc1. The van der Waals surface area contributed by atoms with Crippen molar-refractivity contribution in [3.63, 3.8) is 0 Å². The Balaban J connectivity index is 2.33. The molecule has 112 valence electrons. The first-order chi connectivity index (χ1) is 9.91. The molecule has 0 aliphatic carbocycles. The third kappa shape index (κ3) is 3.13. The van der Waals surface area contributed by atoms with Crippen LogP contribution < -0.4 is 0 Å². The Morgan fingerprint density at radius 2 is 1.95 bits per heavy atom. The molecule has 0 aliphatic heterocycles. The van der Waals surface area contributed by atoms with Gasteiger partial charge in [0, 0.05) is 24.8 Å². The third-order valence-electron chi connectivity index (χ3n) is 3.79. The van der Waals surface area contributed by atoms with Crippen molar-refractivity contribution in [2.45, 2.75) is 26.4 Å². The molecule has 0 saturated heterocycles. The van der Waals surface area contributed by atoms with Crippen LogP contribution in [-0.2, 0) is 18.4 Å². The summed E-state index contributed by atoms with van der Waals surface area (Å²) in [4.78, 5) is 13.6. The van der Waals surface area contributed by atoms with Crippen LogP contribution in [0.1, 0.15) is 28.6 Å². The van der Waals surface area contributed by atoms with E-state index in [1.54, 1.807) is 4.68 Å². The molecule has 0 fully saturated rings. The average molecular weight is 287 g/mol. The molecule has 0 aliphatic rings. The highest BCUT2D eigenvalue weighted by molar-refractivity contribution is 5.76. The standard InChI is InChI=1S/C16H21N3O2/c1-11-14(12(2)19(4)17-11)15(16(20)21)18(3)10-13-8-6-5-7-9-13/h5-9,15H,10H2,1-4H3,(H,20,21). The van der Waals surface area contributed by atoms with Gasteiger partial charge >= 0.3 is 5.97 Å². The van der Waals surface area contributed by atoms with Crippen LogP contribution >= 0.6 is 0 Å². The molecule has 0 bridgehead atoms. The van der Waals surface area contributed by atoms with Gasteiger partial charge < -0.3 is 5.11 Å². The molecule has 0 spiro atoms. The van der Waals surface area contributed by atoms with Crippen LogP contribution in [0.25, 0.3) is 0 Å². The van der Waals surface area contributed by atoms with Gasteiger partial charge in [-0.15, -0.1) is 0 Å². The number of carbonyl (C=O) groups is 1. The number of carboxylic acid groups (broad SMARTS) is 1. The van der Waals surface area contributed by atoms with Gasteiger partial charge in [-0.25, -0.2) is 0 Å². The molecular formula is C16H21N3O2. The fraction of sp³-hybridized carbons (Fsp3) is 0.375. The van der Waals surface area contributed by atoms with Crippen molar-refractivity contribution in [3.05, 3.63) is 52.8 Å². The second-order valence-electron chi connectivity index (χ2n) is 5.35. The topological polar surface area (TPSA) is 58.4 Å². The van der Waals surface area contributed by atoms with Crippen LogP contribution in [0.5, 0.6) is 0 Å². The van der Waals surface area contributed by atoms with Crippen LogP contribution in [0.15, 0.2) is 30.3 Å². The maximum absolute atomic E-state index is 11.8. The van der Waals surface area contributed by atoms with E-state index in [1.807, 2.05) is 63.2 Å². The first-order valence-electron chi connectivity index (χ1n) is 6.89. The molecule has 0 radical (unpaired) electrons. The van der Waals surface area contributed by atoms with Crippen LogP contribution in [0.4, 0.5) is 0 Å². The van der Waals surface area contributed by atoms with Crippen LogP contribution in [0.3, 0.4) is 0 Å². The minimum Gasteiger partial charge on any atom is -0.480 e. The molecule has 1 aromatic carbocycles. The highest BCUT2D eigenvalue weighted by atomic mass is 16.4. The molecule has 5 nitrogen and oxygen atoms in total. The van der Waals surface area contributed by atoms with Crippen LogP contribution in [0.2, 0.25) is 0 Å². The van der Waals surface area contributed by atoms with E-state index in [-0.39, 0.29) is 0 Å². The minimum atomic E-state index is -0.854. The van der Waals surface area contributed by atoms with Crippen molar-refractivity contribution in [2.24, 2.45) is 7.05 Å². The second-order valence-corrected chi connectivity index (χ2v) is 5.35. The van der Waals surface area contributed by atoms with Gasteiger partial charge in [0.05, 0.1) is 5.69 Å². The number of hydrogen-bond acceptors (Lipinski definition) is 3. The monoisotopic (exact) mass is 287 g/mol. The predicted molar refractivity (Wildman–Crippen MR) is 81.0 cm³/mol. The van der Waals surface area contributed by atoms with Crippen LogP contribution in [0, 0.1) is 13.8 Å². The Kier molecular flexibility index (Phi) is 4.43. The van der Waals surface area contributed by atoms with E-state index in [0.717, 1.165) is 22.5 Å². The normalized spacial score (nSPS) is 12.6. The van der Waals surface area contributed by atoms with Gasteiger partial charge in [0.2, 0.25) is 0 Å². The van der Waals surface area contributed by atoms with Crippen molar-refractivity contribution < 1.29 is 9.90 Å². The molecule has 1 aromatic heterocycles. The Bertz CT molecular complexity index is 634. The van der Waals surface area contributed by atoms with E-state index in [2.05, 4.69) is 5.10 Å². The lowest BCUT2D eigenvalue weighted by Crippen LogP contribution is -2.31. The van der Waals surface area contributed by atoms with Crippen molar-refractivity contribution in [1.82, 2.24) is 14.7 Å². The lowest BCUT2D eigenvalue weighted by Gasteiger charge is -2.25. The van der Waals surface area contributed by atoms with Crippen molar-refractivity contribution in [3.8, 4) is 0 Å². The Morgan fingerprint density at radius 3 is 2.43 bits per heavy atom. The minimum absolute atomic E-state index is 0.575. The van der Waals surface area contributed by atoms with Gasteiger partial charge in [-0.05, 0) is 26.5 Å². The third-order valence-corrected chi connectivity index (χ3v) is 3.79. The summed E-state index contributed by atoms with van der Waals surface area (Å²) in [6.45, 7) is 4.34. The molecule has 1 heterocycles. The average Bonchev–Trinajstić information content (AvgIpc) is 2.66. The van der Waals surface area contributed by atoms with Crippen LogP contribution in [-0.4, -0.2) is 32.8 Å². The van der Waals surface area contributed by atoms with Gasteiger partial charge in [-0.1, -0.05) is 30.3 Å². The quantitative estimate of drug-likeness (QED) is 0.916. The summed E-state index contributed by atoms with van der Waals surface area (Å²) in [5, 5.41) is 14.0. The van der Waals surface area contributed by atoms with Gasteiger partial charge in [0.1, 0.15) is 6.04 Å². The summed E-state index contributed by atoms with van der Waals surface area (Å²) in [6.07, 6.45) is 0. The first-order valence-corrected chi connectivity index (χ1v) is 6.89. The van der Waals surface area contributed by atoms with Gasteiger partial charge in [-0.3, -0.25) is 14.4 Å². The zero-order chi connectivity index (χ0) is 15.6. The molecule has 1 atom stereocenters. The highest BCUT2D eigenvalue weighted by Crippen LogP contribution is 2.27. The molecule has 0 amide bonds. The first kappa shape index (κ1) is 15.3. The zero-order valence-corrected chi connectivity index (χ0v) is 12.9. The number of aliphatic carboxylic acids is 1.